The molecule has 0 aromatic heterocycles. The van der Waals surface area contributed by atoms with Crippen molar-refractivity contribution >= 4 is 11.9 Å². The van der Waals surface area contributed by atoms with Crippen molar-refractivity contribution in [3.63, 3.8) is 0 Å². The van der Waals surface area contributed by atoms with Gasteiger partial charge in [0, 0.05) is 0 Å². The second-order valence-electron chi connectivity index (χ2n) is 2.91. The molecule has 0 unspecified atom stereocenters. The minimum Gasteiger partial charge on any atom is -0.481 e. The second-order valence-corrected chi connectivity index (χ2v) is 2.91. The van der Waals surface area contributed by atoms with Crippen molar-refractivity contribution in [2.24, 2.45) is 0 Å². The molecule has 2 N–H and O–H groups in total. The van der Waals surface area contributed by atoms with E-state index in [1.165, 1.54) is 0 Å². The summed E-state index contributed by atoms with van der Waals surface area (Å²) in [5, 5.41) is 16.6. The van der Waals surface area contributed by atoms with Gasteiger partial charge in [0.05, 0.1) is 39.3 Å². The van der Waals surface area contributed by atoms with Crippen molar-refractivity contribution in [3.05, 3.63) is 12.2 Å². The van der Waals surface area contributed by atoms with Crippen LogP contribution in [0, 0.1) is 0 Å². The molecule has 0 fully saturated rings. The second kappa shape index (κ2) is 10.1. The molecule has 0 radical (unpaired) electrons. The lowest BCUT2D eigenvalue weighted by molar-refractivity contribution is -0.139. The molecule has 0 spiro atoms. The van der Waals surface area contributed by atoms with Crippen molar-refractivity contribution in [1.29, 1.82) is 0 Å². The fourth-order valence-corrected chi connectivity index (χ4v) is 0.758. The lowest BCUT2D eigenvalue weighted by atomic mass is 10.4. The van der Waals surface area contributed by atoms with E-state index in [1.54, 1.807) is 12.2 Å². The summed E-state index contributed by atoms with van der Waals surface area (Å²) < 4.78 is 9.94. The molecule has 6 nitrogen and oxygen atoms in total. The molecular formula is C10H16O6. The predicted octanol–water partition coefficient (Wildman–Crippen LogP) is 0.525. The van der Waals surface area contributed by atoms with Crippen LogP contribution in [0.15, 0.2) is 12.2 Å². The molecule has 0 atom stereocenters. The van der Waals surface area contributed by atoms with E-state index < -0.39 is 11.9 Å². The molecule has 0 aliphatic heterocycles. The van der Waals surface area contributed by atoms with E-state index >= 15 is 0 Å². The van der Waals surface area contributed by atoms with Crippen LogP contribution >= 0.6 is 0 Å². The van der Waals surface area contributed by atoms with Gasteiger partial charge in [-0.3, -0.25) is 9.59 Å². The third kappa shape index (κ3) is 12.6. The van der Waals surface area contributed by atoms with E-state index in [0.29, 0.717) is 13.2 Å². The molecule has 0 aromatic carbocycles. The zero-order valence-corrected chi connectivity index (χ0v) is 8.92. The van der Waals surface area contributed by atoms with Crippen LogP contribution in [0.2, 0.25) is 0 Å². The summed E-state index contributed by atoms with van der Waals surface area (Å²) >= 11 is 0. The van der Waals surface area contributed by atoms with Gasteiger partial charge in [-0.05, 0) is 0 Å². The first-order valence-electron chi connectivity index (χ1n) is 4.87. The van der Waals surface area contributed by atoms with Gasteiger partial charge in [0.2, 0.25) is 0 Å². The van der Waals surface area contributed by atoms with Crippen molar-refractivity contribution in [2.75, 3.05) is 26.4 Å². The first-order chi connectivity index (χ1) is 7.63. The number of rotatable bonds is 10. The number of carbonyl (C=O) groups is 2. The maximum atomic E-state index is 10.1. The number of aliphatic carboxylic acids is 2. The third-order valence-electron chi connectivity index (χ3n) is 1.52. The minimum atomic E-state index is -0.888. The van der Waals surface area contributed by atoms with E-state index in [-0.39, 0.29) is 26.1 Å². The maximum absolute atomic E-state index is 10.1. The van der Waals surface area contributed by atoms with Gasteiger partial charge in [0.1, 0.15) is 0 Å². The first-order valence-corrected chi connectivity index (χ1v) is 4.87. The highest BCUT2D eigenvalue weighted by molar-refractivity contribution is 5.67. The van der Waals surface area contributed by atoms with Gasteiger partial charge in [-0.1, -0.05) is 12.2 Å². The molecule has 0 aliphatic carbocycles. The number of carboxylic acids is 2. The Morgan fingerprint density at radius 1 is 0.875 bits per heavy atom. The zero-order chi connectivity index (χ0) is 12.2. The lowest BCUT2D eigenvalue weighted by Gasteiger charge is -1.98. The molecule has 0 saturated heterocycles. The summed E-state index contributed by atoms with van der Waals surface area (Å²) in [7, 11) is 0. The van der Waals surface area contributed by atoms with Gasteiger partial charge >= 0.3 is 11.9 Å². The molecule has 0 bridgehead atoms. The van der Waals surface area contributed by atoms with Gasteiger partial charge < -0.3 is 19.7 Å². The highest BCUT2D eigenvalue weighted by Crippen LogP contribution is 1.86. The van der Waals surface area contributed by atoms with Crippen molar-refractivity contribution < 1.29 is 29.3 Å². The molecule has 0 amide bonds. The van der Waals surface area contributed by atoms with Gasteiger partial charge in [0.25, 0.3) is 0 Å². The quantitative estimate of drug-likeness (QED) is 0.421. The Bertz CT molecular complexity index is 211. The topological polar surface area (TPSA) is 93.1 Å². The molecule has 0 saturated carbocycles. The number of hydrogen-bond donors (Lipinski definition) is 2. The number of carboxylic acid groups (broad SMARTS) is 2. The van der Waals surface area contributed by atoms with Crippen molar-refractivity contribution in [1.82, 2.24) is 0 Å². The van der Waals surface area contributed by atoms with Crippen molar-refractivity contribution in [3.8, 4) is 0 Å². The summed E-state index contributed by atoms with van der Waals surface area (Å²) in [5.41, 5.74) is 0. The number of ether oxygens (including phenoxy) is 2. The highest BCUT2D eigenvalue weighted by Gasteiger charge is 1.95. The molecule has 92 valence electrons. The summed E-state index contributed by atoms with van der Waals surface area (Å²) in [6.45, 7) is 1.02. The fraction of sp³-hybridized carbons (Fsp3) is 0.600. The van der Waals surface area contributed by atoms with Crippen molar-refractivity contribution in [2.45, 2.75) is 12.8 Å². The monoisotopic (exact) mass is 232 g/mol. The Hall–Kier alpha value is -1.40. The van der Waals surface area contributed by atoms with E-state index in [4.69, 9.17) is 19.7 Å². The van der Waals surface area contributed by atoms with Gasteiger partial charge in [-0.15, -0.1) is 0 Å². The van der Waals surface area contributed by atoms with Gasteiger partial charge in [-0.25, -0.2) is 0 Å². The van der Waals surface area contributed by atoms with E-state index in [2.05, 4.69) is 0 Å². The largest absolute Gasteiger partial charge is 0.481 e. The Balaban J connectivity index is 3.16. The number of hydrogen-bond acceptors (Lipinski definition) is 4. The normalized spacial score (nSPS) is 10.8. The Kier molecular flexibility index (Phi) is 9.24. The Labute approximate surface area is 93.5 Å². The molecular weight excluding hydrogens is 216 g/mol. The molecule has 0 aliphatic rings. The smallest absolute Gasteiger partial charge is 0.305 e. The summed E-state index contributed by atoms with van der Waals surface area (Å²) in [4.78, 5) is 20.2. The van der Waals surface area contributed by atoms with E-state index in [0.717, 1.165) is 0 Å². The van der Waals surface area contributed by atoms with Crippen LogP contribution in [0.5, 0.6) is 0 Å². The van der Waals surface area contributed by atoms with Crippen LogP contribution in [-0.4, -0.2) is 48.6 Å². The summed E-state index contributed by atoms with van der Waals surface area (Å²) in [6.07, 6.45) is 3.37. The van der Waals surface area contributed by atoms with Crippen LogP contribution in [0.3, 0.4) is 0 Å². The minimum absolute atomic E-state index is 0.0110. The average molecular weight is 232 g/mol. The summed E-state index contributed by atoms with van der Waals surface area (Å²) in [5.74, 6) is -1.78. The van der Waals surface area contributed by atoms with E-state index in [9.17, 15) is 9.59 Å². The standard InChI is InChI=1S/C10H16O6/c11-9(12)3-7-15-5-1-2-6-16-8-4-10(13)14/h1-2H,3-8H2,(H,11,12)(H,13,14)/b2-1-. The highest BCUT2D eigenvalue weighted by atomic mass is 16.5. The van der Waals surface area contributed by atoms with Gasteiger partial charge in [-0.2, -0.15) is 0 Å². The zero-order valence-electron chi connectivity index (χ0n) is 8.92. The fourth-order valence-electron chi connectivity index (χ4n) is 0.758. The summed E-state index contributed by atoms with van der Waals surface area (Å²) in [6, 6.07) is 0. The molecule has 0 rings (SSSR count). The van der Waals surface area contributed by atoms with E-state index in [1.807, 2.05) is 0 Å². The van der Waals surface area contributed by atoms with Crippen LogP contribution in [0.1, 0.15) is 12.8 Å². The molecule has 0 heterocycles. The van der Waals surface area contributed by atoms with Crippen LogP contribution in [0.25, 0.3) is 0 Å². The predicted molar refractivity (Wildman–Crippen MR) is 55.3 cm³/mol. The average Bonchev–Trinajstić information content (AvgIpc) is 2.20. The SMILES string of the molecule is O=C(O)CCOC/C=C\COCCC(=O)O. The van der Waals surface area contributed by atoms with Crippen LogP contribution in [-0.2, 0) is 19.1 Å². The lowest BCUT2D eigenvalue weighted by Crippen LogP contribution is -2.03. The van der Waals surface area contributed by atoms with Crippen LogP contribution < -0.4 is 0 Å². The molecule has 6 heteroatoms. The molecule has 16 heavy (non-hydrogen) atoms. The maximum Gasteiger partial charge on any atom is 0.305 e. The Morgan fingerprint density at radius 3 is 1.56 bits per heavy atom. The third-order valence-corrected chi connectivity index (χ3v) is 1.52. The first kappa shape index (κ1) is 14.6. The Morgan fingerprint density at radius 2 is 1.25 bits per heavy atom. The molecule has 0 aromatic rings. The van der Waals surface area contributed by atoms with Crippen LogP contribution in [0.4, 0.5) is 0 Å². The van der Waals surface area contributed by atoms with Gasteiger partial charge in [0.15, 0.2) is 0 Å².